The van der Waals surface area contributed by atoms with Gasteiger partial charge in [0.15, 0.2) is 0 Å². The van der Waals surface area contributed by atoms with Crippen LogP contribution in [0.5, 0.6) is 0 Å². The molecule has 21 heavy (non-hydrogen) atoms. The molecule has 0 atom stereocenters. The van der Waals surface area contributed by atoms with Crippen molar-refractivity contribution in [1.82, 2.24) is 15.2 Å². The first-order chi connectivity index (χ1) is 10.3. The predicted molar refractivity (Wildman–Crippen MR) is 85.8 cm³/mol. The summed E-state index contributed by atoms with van der Waals surface area (Å²) < 4.78 is 0. The van der Waals surface area contributed by atoms with Gasteiger partial charge in [0.2, 0.25) is 0 Å². The quantitative estimate of drug-likeness (QED) is 0.879. The van der Waals surface area contributed by atoms with E-state index in [9.17, 15) is 4.79 Å². The van der Waals surface area contributed by atoms with Crippen LogP contribution >= 0.6 is 11.3 Å². The third-order valence-corrected chi connectivity index (χ3v) is 5.45. The van der Waals surface area contributed by atoms with Crippen LogP contribution in [0.2, 0.25) is 0 Å². The summed E-state index contributed by atoms with van der Waals surface area (Å²) in [6.07, 6.45) is 8.78. The molecule has 1 saturated carbocycles. The Bertz CT molecular complexity index is 476. The van der Waals surface area contributed by atoms with Crippen LogP contribution in [-0.4, -0.2) is 41.5 Å². The summed E-state index contributed by atoms with van der Waals surface area (Å²) in [6, 6.07) is 0.603. The first-order valence-corrected chi connectivity index (χ1v) is 9.05. The second kappa shape index (κ2) is 6.88. The predicted octanol–water partition coefficient (Wildman–Crippen LogP) is 2.70. The van der Waals surface area contributed by atoms with Crippen LogP contribution in [0.25, 0.3) is 0 Å². The van der Waals surface area contributed by atoms with Gasteiger partial charge in [0, 0.05) is 19.1 Å². The maximum atomic E-state index is 12.5. The average Bonchev–Trinajstić information content (AvgIpc) is 3.23. The smallest absolute Gasteiger partial charge is 0.265 e. The van der Waals surface area contributed by atoms with Crippen molar-refractivity contribution in [1.29, 1.82) is 0 Å². The number of aryl methyl sites for hydroxylation is 1. The van der Waals surface area contributed by atoms with Gasteiger partial charge in [-0.1, -0.05) is 6.92 Å². The Morgan fingerprint density at radius 2 is 2.14 bits per heavy atom. The van der Waals surface area contributed by atoms with Crippen molar-refractivity contribution in [3.63, 3.8) is 0 Å². The highest BCUT2D eigenvalue weighted by Crippen LogP contribution is 2.28. The van der Waals surface area contributed by atoms with E-state index in [0.717, 1.165) is 54.6 Å². The van der Waals surface area contributed by atoms with Crippen molar-refractivity contribution in [2.75, 3.05) is 19.6 Å². The maximum absolute atomic E-state index is 12.5. The lowest BCUT2D eigenvalue weighted by Gasteiger charge is -2.32. The van der Waals surface area contributed by atoms with Crippen LogP contribution in [0.1, 0.15) is 53.7 Å². The molecule has 0 radical (unpaired) electrons. The van der Waals surface area contributed by atoms with Gasteiger partial charge in [-0.2, -0.15) is 0 Å². The molecule has 1 aromatic heterocycles. The largest absolute Gasteiger partial charge is 0.338 e. The Kier molecular flexibility index (Phi) is 4.91. The van der Waals surface area contributed by atoms with Crippen molar-refractivity contribution in [3.05, 3.63) is 16.1 Å². The van der Waals surface area contributed by atoms with E-state index in [0.29, 0.717) is 6.04 Å². The molecule has 4 nitrogen and oxygen atoms in total. The molecule has 5 heteroatoms. The van der Waals surface area contributed by atoms with Crippen molar-refractivity contribution in [2.45, 2.75) is 51.5 Å². The lowest BCUT2D eigenvalue weighted by Crippen LogP contribution is -2.45. The summed E-state index contributed by atoms with van der Waals surface area (Å²) in [5.41, 5.74) is 0. The lowest BCUT2D eigenvalue weighted by molar-refractivity contribution is 0.0709. The summed E-state index contributed by atoms with van der Waals surface area (Å²) in [7, 11) is 0. The highest BCUT2D eigenvalue weighted by atomic mass is 32.1. The molecular weight excluding hydrogens is 282 g/mol. The van der Waals surface area contributed by atoms with Crippen molar-refractivity contribution >= 4 is 17.2 Å². The van der Waals surface area contributed by atoms with E-state index in [2.05, 4.69) is 17.2 Å². The summed E-state index contributed by atoms with van der Waals surface area (Å²) in [5, 5.41) is 4.74. The highest BCUT2D eigenvalue weighted by Gasteiger charge is 2.27. The molecule has 2 fully saturated rings. The Balaban J connectivity index is 1.47. The molecule has 2 aliphatic rings. The zero-order chi connectivity index (χ0) is 14.7. The number of amides is 1. The van der Waals surface area contributed by atoms with Crippen LogP contribution in [0, 0.1) is 5.92 Å². The lowest BCUT2D eigenvalue weighted by atomic mass is 10.0. The van der Waals surface area contributed by atoms with Gasteiger partial charge >= 0.3 is 0 Å². The van der Waals surface area contributed by atoms with Crippen LogP contribution in [0.3, 0.4) is 0 Å². The van der Waals surface area contributed by atoms with E-state index in [1.54, 1.807) is 17.5 Å². The summed E-state index contributed by atoms with van der Waals surface area (Å²) in [6.45, 7) is 5.07. The molecular formula is C16H25N3OS. The number of rotatable bonds is 6. The van der Waals surface area contributed by atoms with Gasteiger partial charge in [-0.05, 0) is 51.0 Å². The van der Waals surface area contributed by atoms with Gasteiger partial charge in [0.1, 0.15) is 4.88 Å². The molecule has 116 valence electrons. The minimum absolute atomic E-state index is 0.176. The van der Waals surface area contributed by atoms with E-state index in [1.807, 2.05) is 4.90 Å². The normalized spacial score (nSPS) is 20.0. The Labute approximate surface area is 130 Å². The zero-order valence-electron chi connectivity index (χ0n) is 12.8. The van der Waals surface area contributed by atoms with E-state index < -0.39 is 0 Å². The van der Waals surface area contributed by atoms with E-state index in [1.165, 1.54) is 19.4 Å². The molecule has 1 aliphatic carbocycles. The molecule has 1 aliphatic heterocycles. The number of hydrogen-bond donors (Lipinski definition) is 1. The number of piperidine rings is 1. The molecule has 0 aromatic carbocycles. The molecule has 0 bridgehead atoms. The summed E-state index contributed by atoms with van der Waals surface area (Å²) in [4.78, 5) is 19.6. The summed E-state index contributed by atoms with van der Waals surface area (Å²) >= 11 is 1.56. The van der Waals surface area contributed by atoms with Gasteiger partial charge in [-0.25, -0.2) is 4.98 Å². The Morgan fingerprint density at radius 1 is 1.38 bits per heavy atom. The third kappa shape index (κ3) is 4.04. The Morgan fingerprint density at radius 3 is 2.81 bits per heavy atom. The molecule has 3 rings (SSSR count). The van der Waals surface area contributed by atoms with Crippen LogP contribution < -0.4 is 5.32 Å². The van der Waals surface area contributed by atoms with Crippen LogP contribution in [-0.2, 0) is 6.42 Å². The van der Waals surface area contributed by atoms with Crippen molar-refractivity contribution in [3.8, 4) is 0 Å². The molecule has 0 spiro atoms. The molecule has 1 saturated heterocycles. The molecule has 1 aromatic rings. The highest BCUT2D eigenvalue weighted by molar-refractivity contribution is 7.13. The first kappa shape index (κ1) is 15.0. The van der Waals surface area contributed by atoms with Crippen molar-refractivity contribution < 1.29 is 4.79 Å². The van der Waals surface area contributed by atoms with E-state index >= 15 is 0 Å². The minimum atomic E-state index is 0.176. The number of nitrogens with one attached hydrogen (secondary N) is 1. The SMILES string of the molecule is CCCc1ncc(C(=O)N2CCC(NCC3CC3)CC2)s1. The topological polar surface area (TPSA) is 45.2 Å². The zero-order valence-corrected chi connectivity index (χ0v) is 13.6. The summed E-state index contributed by atoms with van der Waals surface area (Å²) in [5.74, 6) is 1.11. The van der Waals surface area contributed by atoms with Crippen LogP contribution in [0.15, 0.2) is 6.20 Å². The second-order valence-corrected chi connectivity index (χ2v) is 7.40. The van der Waals surface area contributed by atoms with E-state index in [4.69, 9.17) is 0 Å². The second-order valence-electron chi connectivity index (χ2n) is 6.29. The standard InChI is InChI=1S/C16H25N3OS/c1-2-3-15-18-11-14(21-15)16(20)19-8-6-13(7-9-19)17-10-12-4-5-12/h11-13,17H,2-10H2,1H3. The number of hydrogen-bond acceptors (Lipinski definition) is 4. The number of carbonyl (C=O) groups excluding carboxylic acids is 1. The number of likely N-dealkylation sites (tertiary alicyclic amines) is 1. The van der Waals surface area contributed by atoms with Gasteiger partial charge in [-0.15, -0.1) is 11.3 Å². The van der Waals surface area contributed by atoms with Gasteiger partial charge in [0.25, 0.3) is 5.91 Å². The minimum Gasteiger partial charge on any atom is -0.338 e. The molecule has 2 heterocycles. The van der Waals surface area contributed by atoms with Gasteiger partial charge < -0.3 is 10.2 Å². The Hall–Kier alpha value is -0.940. The maximum Gasteiger partial charge on any atom is 0.265 e. The van der Waals surface area contributed by atoms with Crippen molar-refractivity contribution in [2.24, 2.45) is 5.92 Å². The number of nitrogens with zero attached hydrogens (tertiary/aromatic N) is 2. The molecule has 0 unspecified atom stereocenters. The average molecular weight is 307 g/mol. The number of thiazole rings is 1. The van der Waals surface area contributed by atoms with E-state index in [-0.39, 0.29) is 5.91 Å². The third-order valence-electron chi connectivity index (χ3n) is 4.40. The monoisotopic (exact) mass is 307 g/mol. The fourth-order valence-electron chi connectivity index (χ4n) is 2.84. The molecule has 1 amide bonds. The van der Waals surface area contributed by atoms with Gasteiger partial charge in [-0.3, -0.25) is 4.79 Å². The fraction of sp³-hybridized carbons (Fsp3) is 0.750. The molecule has 1 N–H and O–H groups in total. The first-order valence-electron chi connectivity index (χ1n) is 8.23. The van der Waals surface area contributed by atoms with Crippen LogP contribution in [0.4, 0.5) is 0 Å². The number of carbonyl (C=O) groups is 1. The fourth-order valence-corrected chi connectivity index (χ4v) is 3.82. The number of aromatic nitrogens is 1. The van der Waals surface area contributed by atoms with Gasteiger partial charge in [0.05, 0.1) is 11.2 Å².